The maximum Gasteiger partial charge on any atom is 0.255 e. The lowest BCUT2D eigenvalue weighted by molar-refractivity contribution is 0.102. The average molecular weight is 390 g/mol. The van der Waals surface area contributed by atoms with Crippen LogP contribution in [-0.2, 0) is 0 Å². The highest BCUT2D eigenvalue weighted by atomic mass is 16.1. The molecule has 1 saturated carbocycles. The number of nitrogens with zero attached hydrogens (tertiary/aromatic N) is 3. The highest BCUT2D eigenvalue weighted by Gasteiger charge is 2.42. The van der Waals surface area contributed by atoms with Crippen LogP contribution in [0.1, 0.15) is 48.0 Å². The molecule has 5 N–H and O–H groups in total. The highest BCUT2D eigenvalue weighted by molar-refractivity contribution is 6.07. The van der Waals surface area contributed by atoms with Crippen LogP contribution in [-0.4, -0.2) is 23.5 Å². The summed E-state index contributed by atoms with van der Waals surface area (Å²) in [6.07, 6.45) is 5.02. The van der Waals surface area contributed by atoms with Gasteiger partial charge in [-0.2, -0.15) is 4.99 Å². The predicted octanol–water partition coefficient (Wildman–Crippen LogP) is 3.36. The summed E-state index contributed by atoms with van der Waals surface area (Å²) in [6, 6.07) is 15.1. The van der Waals surface area contributed by atoms with E-state index < -0.39 is 5.66 Å². The monoisotopic (exact) mass is 390 g/mol. The zero-order chi connectivity index (χ0) is 20.4. The van der Waals surface area contributed by atoms with E-state index in [9.17, 15) is 4.79 Å². The number of aliphatic imine (C=N–C) groups is 2. The topological polar surface area (TPSA) is 109 Å². The Morgan fingerprint density at radius 3 is 2.59 bits per heavy atom. The van der Waals surface area contributed by atoms with Crippen LogP contribution in [0.25, 0.3) is 0 Å². The number of hydrogen-bond donors (Lipinski definition) is 3. The molecule has 2 aliphatic rings. The van der Waals surface area contributed by atoms with Crippen LogP contribution >= 0.6 is 0 Å². The summed E-state index contributed by atoms with van der Waals surface area (Å²) < 4.78 is 0. The Kier molecular flexibility index (Phi) is 4.96. The van der Waals surface area contributed by atoms with Gasteiger partial charge in [0.2, 0.25) is 11.9 Å². The number of benzene rings is 2. The SMILES string of the molecule is Cc1cccc(C(=O)Nc2cccc(N3C(N)=NC(N)=NC34CCCCC4)c2)c1. The van der Waals surface area contributed by atoms with Gasteiger partial charge in [-0.1, -0.05) is 30.2 Å². The molecule has 2 aromatic rings. The number of guanidine groups is 2. The number of nitrogens with one attached hydrogen (secondary N) is 1. The Morgan fingerprint density at radius 1 is 1.07 bits per heavy atom. The van der Waals surface area contributed by atoms with Crippen LogP contribution in [0.4, 0.5) is 11.4 Å². The lowest BCUT2D eigenvalue weighted by Gasteiger charge is -2.45. The summed E-state index contributed by atoms with van der Waals surface area (Å²) in [5.41, 5.74) is 14.9. The van der Waals surface area contributed by atoms with Gasteiger partial charge in [-0.25, -0.2) is 4.99 Å². The van der Waals surface area contributed by atoms with Crippen LogP contribution in [0.2, 0.25) is 0 Å². The van der Waals surface area contributed by atoms with Gasteiger partial charge in [0.15, 0.2) is 0 Å². The number of carbonyl (C=O) groups excluding carboxylic acids is 1. The molecule has 4 rings (SSSR count). The Bertz CT molecular complexity index is 990. The minimum atomic E-state index is -0.507. The Hall–Kier alpha value is -3.35. The van der Waals surface area contributed by atoms with Crippen molar-refractivity contribution in [2.24, 2.45) is 21.5 Å². The van der Waals surface area contributed by atoms with E-state index in [1.807, 2.05) is 54.3 Å². The summed E-state index contributed by atoms with van der Waals surface area (Å²) in [7, 11) is 0. The van der Waals surface area contributed by atoms with Gasteiger partial charge in [-0.3, -0.25) is 9.69 Å². The number of hydrogen-bond acceptors (Lipinski definition) is 6. The second-order valence-electron chi connectivity index (χ2n) is 7.69. The molecule has 1 spiro atoms. The standard InChI is InChI=1S/C22H26N6O/c1-15-7-5-8-16(13-15)19(29)25-17-9-6-10-18(14-17)28-21(24)26-20(23)27-22(28)11-3-2-4-12-22/h5-10,13-14H,2-4,11-12H2,1H3,(H,25,29)(H4,23,24,26,27). The Labute approximate surface area is 170 Å². The summed E-state index contributed by atoms with van der Waals surface area (Å²) in [6.45, 7) is 1.96. The van der Waals surface area contributed by atoms with E-state index in [1.165, 1.54) is 6.42 Å². The molecule has 0 unspecified atom stereocenters. The molecule has 7 nitrogen and oxygen atoms in total. The van der Waals surface area contributed by atoms with E-state index in [0.717, 1.165) is 36.9 Å². The fraction of sp³-hybridized carbons (Fsp3) is 0.318. The van der Waals surface area contributed by atoms with Crippen LogP contribution in [0.5, 0.6) is 0 Å². The van der Waals surface area contributed by atoms with Gasteiger partial charge in [0.25, 0.3) is 5.91 Å². The molecule has 0 bridgehead atoms. The van der Waals surface area contributed by atoms with Gasteiger partial charge < -0.3 is 16.8 Å². The first kappa shape index (κ1) is 19.0. The van der Waals surface area contributed by atoms with Gasteiger partial charge in [-0.15, -0.1) is 0 Å². The zero-order valence-electron chi connectivity index (χ0n) is 16.6. The lowest BCUT2D eigenvalue weighted by atomic mass is 9.87. The first-order valence-corrected chi connectivity index (χ1v) is 9.95. The van der Waals surface area contributed by atoms with E-state index in [1.54, 1.807) is 6.07 Å². The molecule has 1 fully saturated rings. The first-order chi connectivity index (χ1) is 14.0. The van der Waals surface area contributed by atoms with Crippen LogP contribution < -0.4 is 21.7 Å². The fourth-order valence-electron chi connectivity index (χ4n) is 4.21. The molecular weight excluding hydrogens is 364 g/mol. The molecule has 29 heavy (non-hydrogen) atoms. The summed E-state index contributed by atoms with van der Waals surface area (Å²) in [5.74, 6) is 0.409. The number of carbonyl (C=O) groups is 1. The largest absolute Gasteiger partial charge is 0.369 e. The van der Waals surface area contributed by atoms with Crippen molar-refractivity contribution in [3.63, 3.8) is 0 Å². The van der Waals surface area contributed by atoms with Crippen molar-refractivity contribution in [1.29, 1.82) is 0 Å². The second kappa shape index (κ2) is 7.58. The average Bonchev–Trinajstić information content (AvgIpc) is 2.68. The Balaban J connectivity index is 1.64. The van der Waals surface area contributed by atoms with E-state index in [0.29, 0.717) is 17.2 Å². The highest BCUT2D eigenvalue weighted by Crippen LogP contribution is 2.39. The van der Waals surface area contributed by atoms with Crippen molar-refractivity contribution in [2.75, 3.05) is 10.2 Å². The van der Waals surface area contributed by atoms with E-state index in [2.05, 4.69) is 10.3 Å². The molecule has 150 valence electrons. The number of aryl methyl sites for hydroxylation is 1. The number of rotatable bonds is 3. The third-order valence-corrected chi connectivity index (χ3v) is 5.49. The maximum atomic E-state index is 12.6. The molecule has 0 atom stereocenters. The summed E-state index contributed by atoms with van der Waals surface area (Å²) in [4.78, 5) is 23.5. The quantitative estimate of drug-likeness (QED) is 0.746. The molecule has 1 aliphatic carbocycles. The molecular formula is C22H26N6O. The molecule has 7 heteroatoms. The zero-order valence-corrected chi connectivity index (χ0v) is 16.6. The van der Waals surface area contributed by atoms with Crippen LogP contribution in [0.3, 0.4) is 0 Å². The normalized spacial score (nSPS) is 18.2. The van der Waals surface area contributed by atoms with Crippen LogP contribution in [0, 0.1) is 6.92 Å². The van der Waals surface area contributed by atoms with Gasteiger partial charge in [-0.05, 0) is 62.9 Å². The molecule has 0 radical (unpaired) electrons. The van der Waals surface area contributed by atoms with Crippen molar-refractivity contribution in [1.82, 2.24) is 0 Å². The summed E-state index contributed by atoms with van der Waals surface area (Å²) >= 11 is 0. The first-order valence-electron chi connectivity index (χ1n) is 9.95. The van der Waals surface area contributed by atoms with Crippen molar-refractivity contribution >= 4 is 29.2 Å². The molecule has 0 aromatic heterocycles. The van der Waals surface area contributed by atoms with Crippen molar-refractivity contribution < 1.29 is 4.79 Å². The van der Waals surface area contributed by atoms with Gasteiger partial charge in [0.1, 0.15) is 5.66 Å². The van der Waals surface area contributed by atoms with Gasteiger partial charge in [0.05, 0.1) is 0 Å². The molecule has 1 heterocycles. The van der Waals surface area contributed by atoms with E-state index in [-0.39, 0.29) is 11.9 Å². The predicted molar refractivity (Wildman–Crippen MR) is 117 cm³/mol. The number of amides is 1. The smallest absolute Gasteiger partial charge is 0.255 e. The van der Waals surface area contributed by atoms with E-state index in [4.69, 9.17) is 16.5 Å². The third kappa shape index (κ3) is 3.81. The Morgan fingerprint density at radius 2 is 1.83 bits per heavy atom. The third-order valence-electron chi connectivity index (χ3n) is 5.49. The minimum Gasteiger partial charge on any atom is -0.369 e. The molecule has 1 amide bonds. The van der Waals surface area contributed by atoms with E-state index >= 15 is 0 Å². The van der Waals surface area contributed by atoms with Gasteiger partial charge >= 0.3 is 0 Å². The lowest BCUT2D eigenvalue weighted by Crippen LogP contribution is -2.58. The van der Waals surface area contributed by atoms with Gasteiger partial charge in [0, 0.05) is 16.9 Å². The second-order valence-corrected chi connectivity index (χ2v) is 7.69. The van der Waals surface area contributed by atoms with Crippen molar-refractivity contribution in [3.8, 4) is 0 Å². The molecule has 0 saturated heterocycles. The maximum absolute atomic E-state index is 12.6. The minimum absolute atomic E-state index is 0.152. The number of anilines is 2. The number of nitrogens with two attached hydrogens (primary N) is 2. The van der Waals surface area contributed by atoms with Crippen LogP contribution in [0.15, 0.2) is 58.5 Å². The summed E-state index contributed by atoms with van der Waals surface area (Å²) in [5, 5.41) is 2.97. The van der Waals surface area contributed by atoms with Crippen molar-refractivity contribution in [2.45, 2.75) is 44.7 Å². The fourth-order valence-corrected chi connectivity index (χ4v) is 4.21. The van der Waals surface area contributed by atoms with Crippen molar-refractivity contribution in [3.05, 3.63) is 59.7 Å². The molecule has 1 aliphatic heterocycles. The molecule has 2 aromatic carbocycles.